The summed E-state index contributed by atoms with van der Waals surface area (Å²) in [4.78, 5) is 12.4. The lowest BCUT2D eigenvalue weighted by Crippen LogP contribution is -2.25. The first-order valence-corrected chi connectivity index (χ1v) is 10.4. The van der Waals surface area contributed by atoms with Crippen LogP contribution < -0.4 is 10.4 Å². The average Bonchev–Trinajstić information content (AvgIpc) is 3.23. The molecule has 1 saturated heterocycles. The first-order chi connectivity index (χ1) is 13.0. The van der Waals surface area contributed by atoms with Gasteiger partial charge in [0.15, 0.2) is 5.65 Å². The Morgan fingerprint density at radius 3 is 2.89 bits per heavy atom. The van der Waals surface area contributed by atoms with Crippen molar-refractivity contribution in [2.75, 3.05) is 17.1 Å². The van der Waals surface area contributed by atoms with Crippen molar-refractivity contribution in [3.8, 4) is 0 Å². The van der Waals surface area contributed by atoms with Gasteiger partial charge in [-0.25, -0.2) is 17.9 Å². The summed E-state index contributed by atoms with van der Waals surface area (Å²) in [6.45, 7) is 0.866. The normalized spacial score (nSPS) is 17.4. The summed E-state index contributed by atoms with van der Waals surface area (Å²) < 4.78 is 35.5. The van der Waals surface area contributed by atoms with E-state index in [-0.39, 0.29) is 24.1 Å². The zero-order chi connectivity index (χ0) is 18.9. The van der Waals surface area contributed by atoms with E-state index in [1.54, 1.807) is 36.5 Å². The van der Waals surface area contributed by atoms with Crippen molar-refractivity contribution >= 4 is 21.4 Å². The summed E-state index contributed by atoms with van der Waals surface area (Å²) in [5.41, 5.74) is 1.56. The molecule has 1 N–H and O–H groups in total. The lowest BCUT2D eigenvalue weighted by atomic mass is 10.2. The molecule has 1 aliphatic heterocycles. The summed E-state index contributed by atoms with van der Waals surface area (Å²) in [7, 11) is -3.50. The van der Waals surface area contributed by atoms with Crippen molar-refractivity contribution in [2.45, 2.75) is 25.5 Å². The smallest absolute Gasteiger partial charge is 0.350 e. The maximum Gasteiger partial charge on any atom is 0.350 e. The lowest BCUT2D eigenvalue weighted by molar-refractivity contribution is 0.127. The number of nitrogens with zero attached hydrogens (tertiary/aromatic N) is 3. The van der Waals surface area contributed by atoms with Gasteiger partial charge in [0.1, 0.15) is 0 Å². The van der Waals surface area contributed by atoms with Gasteiger partial charge in [0.25, 0.3) is 0 Å². The van der Waals surface area contributed by atoms with Crippen molar-refractivity contribution in [3.63, 3.8) is 0 Å². The number of hydrogen-bond acceptors (Lipinski definition) is 5. The van der Waals surface area contributed by atoms with E-state index in [0.29, 0.717) is 17.9 Å². The quantitative estimate of drug-likeness (QED) is 0.690. The molecule has 9 heteroatoms. The van der Waals surface area contributed by atoms with E-state index in [9.17, 15) is 13.2 Å². The first kappa shape index (κ1) is 17.7. The molecule has 1 atom stereocenters. The Kier molecular flexibility index (Phi) is 4.71. The number of ether oxygens (including phenoxy) is 1. The monoisotopic (exact) mass is 388 g/mol. The lowest BCUT2D eigenvalue weighted by Gasteiger charge is -2.12. The third kappa shape index (κ3) is 4.04. The fourth-order valence-electron chi connectivity index (χ4n) is 3.22. The molecule has 0 bridgehead atoms. The molecule has 3 heterocycles. The Labute approximate surface area is 156 Å². The van der Waals surface area contributed by atoms with Crippen LogP contribution in [-0.4, -0.2) is 41.1 Å². The Balaban J connectivity index is 1.51. The Morgan fingerprint density at radius 2 is 2.11 bits per heavy atom. The third-order valence-electron chi connectivity index (χ3n) is 4.45. The number of aromatic nitrogens is 3. The van der Waals surface area contributed by atoms with Crippen molar-refractivity contribution in [3.05, 3.63) is 64.7 Å². The second-order valence-corrected chi connectivity index (χ2v) is 8.35. The highest BCUT2D eigenvalue weighted by atomic mass is 32.2. The Hall–Kier alpha value is -2.65. The highest BCUT2D eigenvalue weighted by Gasteiger charge is 2.23. The molecule has 0 radical (unpaired) electrons. The van der Waals surface area contributed by atoms with E-state index in [4.69, 9.17) is 4.74 Å². The number of rotatable bonds is 6. The number of nitrogens with one attached hydrogen (secondary N) is 1. The van der Waals surface area contributed by atoms with Crippen LogP contribution in [0.2, 0.25) is 0 Å². The number of fused-ring (bicyclic) bond motifs is 1. The van der Waals surface area contributed by atoms with Crippen LogP contribution in [0.3, 0.4) is 0 Å². The van der Waals surface area contributed by atoms with Crippen LogP contribution in [0.25, 0.3) is 5.65 Å². The number of pyridine rings is 1. The van der Waals surface area contributed by atoms with Gasteiger partial charge in [-0.05, 0) is 42.7 Å². The van der Waals surface area contributed by atoms with E-state index >= 15 is 0 Å². The molecule has 0 amide bonds. The minimum absolute atomic E-state index is 0.0525. The molecule has 0 unspecified atom stereocenters. The molecule has 142 valence electrons. The molecular weight excluding hydrogens is 368 g/mol. The van der Waals surface area contributed by atoms with Crippen LogP contribution in [-0.2, 0) is 21.3 Å². The molecule has 0 spiro atoms. The van der Waals surface area contributed by atoms with Crippen molar-refractivity contribution < 1.29 is 13.2 Å². The van der Waals surface area contributed by atoms with Gasteiger partial charge in [0.05, 0.1) is 18.4 Å². The van der Waals surface area contributed by atoms with Gasteiger partial charge in [-0.2, -0.15) is 0 Å². The molecule has 27 heavy (non-hydrogen) atoms. The molecule has 3 aromatic rings. The fraction of sp³-hybridized carbons (Fsp3) is 0.333. The molecule has 0 saturated carbocycles. The molecule has 8 nitrogen and oxygen atoms in total. The number of hydrogen-bond donors (Lipinski definition) is 1. The van der Waals surface area contributed by atoms with E-state index in [0.717, 1.165) is 18.4 Å². The van der Waals surface area contributed by atoms with E-state index in [1.807, 2.05) is 12.1 Å². The fourth-order valence-corrected chi connectivity index (χ4v) is 4.54. The van der Waals surface area contributed by atoms with Gasteiger partial charge in [-0.3, -0.25) is 9.12 Å². The van der Waals surface area contributed by atoms with Gasteiger partial charge >= 0.3 is 5.69 Å². The topological polar surface area (TPSA) is 94.7 Å². The molecule has 2 aromatic heterocycles. The van der Waals surface area contributed by atoms with Crippen molar-refractivity contribution in [1.29, 1.82) is 0 Å². The maximum atomic E-state index is 12.4. The van der Waals surface area contributed by atoms with Gasteiger partial charge in [-0.15, -0.1) is 5.10 Å². The summed E-state index contributed by atoms with van der Waals surface area (Å²) in [5, 5.41) is 4.29. The van der Waals surface area contributed by atoms with Crippen LogP contribution in [0.5, 0.6) is 0 Å². The zero-order valence-corrected chi connectivity index (χ0v) is 15.4. The molecule has 1 aliphatic rings. The SMILES string of the molecule is O=c1n(Cc2cccc(NS(=O)(=O)C[C@@H]3CCCO3)c2)nc2ccccn12. The van der Waals surface area contributed by atoms with Crippen LogP contribution in [0, 0.1) is 0 Å². The maximum absolute atomic E-state index is 12.4. The molecule has 0 aliphatic carbocycles. The van der Waals surface area contributed by atoms with Crippen LogP contribution in [0.15, 0.2) is 53.5 Å². The molecule has 1 aromatic carbocycles. The predicted octanol–water partition coefficient (Wildman–Crippen LogP) is 1.46. The number of benzene rings is 1. The third-order valence-corrected chi connectivity index (χ3v) is 5.81. The first-order valence-electron chi connectivity index (χ1n) is 8.75. The predicted molar refractivity (Wildman–Crippen MR) is 101 cm³/mol. The second kappa shape index (κ2) is 7.16. The van der Waals surface area contributed by atoms with Crippen LogP contribution in [0.1, 0.15) is 18.4 Å². The van der Waals surface area contributed by atoms with Gasteiger partial charge in [-0.1, -0.05) is 18.2 Å². The molecule has 4 rings (SSSR count). The van der Waals surface area contributed by atoms with Gasteiger partial charge in [0, 0.05) is 18.5 Å². The summed E-state index contributed by atoms with van der Waals surface area (Å²) in [6, 6.07) is 12.3. The summed E-state index contributed by atoms with van der Waals surface area (Å²) >= 11 is 0. The summed E-state index contributed by atoms with van der Waals surface area (Å²) in [5.74, 6) is -0.0525. The minimum atomic E-state index is -3.50. The average molecular weight is 388 g/mol. The highest BCUT2D eigenvalue weighted by Crippen LogP contribution is 2.17. The van der Waals surface area contributed by atoms with E-state index < -0.39 is 10.0 Å². The molecular formula is C18H20N4O4S. The second-order valence-electron chi connectivity index (χ2n) is 6.59. The van der Waals surface area contributed by atoms with Crippen molar-refractivity contribution in [1.82, 2.24) is 14.2 Å². The number of sulfonamides is 1. The van der Waals surface area contributed by atoms with Crippen LogP contribution >= 0.6 is 0 Å². The number of anilines is 1. The standard InChI is InChI=1S/C18H20N4O4S/c23-18-21-9-2-1-8-17(21)19-22(18)12-14-5-3-6-15(11-14)20-27(24,25)13-16-7-4-10-26-16/h1-3,5-6,8-9,11,16,20H,4,7,10,12-13H2/t16-/m0/s1. The van der Waals surface area contributed by atoms with Crippen molar-refractivity contribution in [2.24, 2.45) is 0 Å². The zero-order valence-electron chi connectivity index (χ0n) is 14.6. The molecule has 1 fully saturated rings. The van der Waals surface area contributed by atoms with E-state index in [2.05, 4.69) is 9.82 Å². The van der Waals surface area contributed by atoms with E-state index in [1.165, 1.54) is 9.08 Å². The Morgan fingerprint density at radius 1 is 1.22 bits per heavy atom. The summed E-state index contributed by atoms with van der Waals surface area (Å²) in [6.07, 6.45) is 3.07. The Bertz CT molecular complexity index is 1110. The van der Waals surface area contributed by atoms with Gasteiger partial charge in [0.2, 0.25) is 10.0 Å². The highest BCUT2D eigenvalue weighted by molar-refractivity contribution is 7.92. The minimum Gasteiger partial charge on any atom is -0.377 e. The van der Waals surface area contributed by atoms with Crippen LogP contribution in [0.4, 0.5) is 5.69 Å². The van der Waals surface area contributed by atoms with Gasteiger partial charge < -0.3 is 4.74 Å². The largest absolute Gasteiger partial charge is 0.377 e.